The first kappa shape index (κ1) is 15.2. The lowest BCUT2D eigenvalue weighted by Crippen LogP contribution is -2.19. The van der Waals surface area contributed by atoms with E-state index in [9.17, 15) is 4.79 Å². The summed E-state index contributed by atoms with van der Waals surface area (Å²) in [4.78, 5) is 10.8. The van der Waals surface area contributed by atoms with Crippen molar-refractivity contribution in [2.75, 3.05) is 0 Å². The van der Waals surface area contributed by atoms with Crippen LogP contribution >= 0.6 is 0 Å². The maximum Gasteiger partial charge on any atom is 0.306 e. The zero-order valence-corrected chi connectivity index (χ0v) is 11.5. The van der Waals surface area contributed by atoms with Crippen molar-refractivity contribution in [2.45, 2.75) is 54.4 Å². The molecule has 16 heavy (non-hydrogen) atoms. The first-order valence-electron chi connectivity index (χ1n) is 5.94. The van der Waals surface area contributed by atoms with Crippen LogP contribution in [-0.2, 0) is 4.79 Å². The monoisotopic (exact) mass is 226 g/mol. The van der Waals surface area contributed by atoms with Crippen molar-refractivity contribution in [1.29, 1.82) is 0 Å². The molecule has 0 saturated heterocycles. The summed E-state index contributed by atoms with van der Waals surface area (Å²) in [5.41, 5.74) is 0.258. The maximum absolute atomic E-state index is 10.8. The number of aliphatic carboxylic acids is 1. The molecule has 0 amide bonds. The van der Waals surface area contributed by atoms with E-state index in [4.69, 9.17) is 5.11 Å². The van der Waals surface area contributed by atoms with Crippen LogP contribution in [0.2, 0.25) is 0 Å². The third-order valence-corrected chi connectivity index (χ3v) is 2.55. The Morgan fingerprint density at radius 3 is 2.12 bits per heavy atom. The average Bonchev–Trinajstić information content (AvgIpc) is 1.99. The quantitative estimate of drug-likeness (QED) is 0.716. The molecule has 94 valence electrons. The zero-order valence-electron chi connectivity index (χ0n) is 11.5. The molecular weight excluding hydrogens is 200 g/mol. The second kappa shape index (κ2) is 5.51. The summed E-state index contributed by atoms with van der Waals surface area (Å²) in [5.74, 6) is -0.994. The molecule has 0 fully saturated rings. The third kappa shape index (κ3) is 7.49. The predicted octanol–water partition coefficient (Wildman–Crippen LogP) is 4.12. The molecule has 2 heteroatoms. The molecule has 0 aliphatic carbocycles. The van der Waals surface area contributed by atoms with Crippen LogP contribution in [0.4, 0.5) is 0 Å². The van der Waals surface area contributed by atoms with Gasteiger partial charge < -0.3 is 5.11 Å². The summed E-state index contributed by atoms with van der Waals surface area (Å²) in [7, 11) is 0. The molecule has 0 aliphatic rings. The molecule has 2 nitrogen and oxygen atoms in total. The summed E-state index contributed by atoms with van der Waals surface area (Å²) in [6.07, 6.45) is 6.03. The Morgan fingerprint density at radius 1 is 1.25 bits per heavy atom. The van der Waals surface area contributed by atoms with Gasteiger partial charge in [0, 0.05) is 0 Å². The van der Waals surface area contributed by atoms with Crippen LogP contribution in [0.25, 0.3) is 0 Å². The average molecular weight is 226 g/mol. The lowest BCUT2D eigenvalue weighted by molar-refractivity contribution is -0.141. The van der Waals surface area contributed by atoms with E-state index in [2.05, 4.69) is 46.8 Å². The Bertz CT molecular complexity index is 256. The topological polar surface area (TPSA) is 37.3 Å². The number of carboxylic acids is 1. The maximum atomic E-state index is 10.8. The third-order valence-electron chi connectivity index (χ3n) is 2.55. The smallest absolute Gasteiger partial charge is 0.306 e. The number of rotatable bonds is 5. The molecule has 0 aromatic carbocycles. The molecule has 1 atom stereocenters. The molecule has 0 bridgehead atoms. The van der Waals surface area contributed by atoms with Crippen molar-refractivity contribution in [1.82, 2.24) is 0 Å². The highest BCUT2D eigenvalue weighted by molar-refractivity contribution is 5.69. The van der Waals surface area contributed by atoms with Gasteiger partial charge in [-0.25, -0.2) is 0 Å². The Hall–Kier alpha value is -0.790. The molecule has 1 N–H and O–H groups in total. The van der Waals surface area contributed by atoms with Gasteiger partial charge in [0.05, 0.1) is 5.92 Å². The van der Waals surface area contributed by atoms with E-state index in [0.717, 1.165) is 6.42 Å². The highest BCUT2D eigenvalue weighted by atomic mass is 16.4. The van der Waals surface area contributed by atoms with E-state index < -0.39 is 5.97 Å². The second-order valence-electron chi connectivity index (χ2n) is 6.60. The first-order chi connectivity index (χ1) is 7.03. The van der Waals surface area contributed by atoms with Gasteiger partial charge >= 0.3 is 5.97 Å². The van der Waals surface area contributed by atoms with Crippen LogP contribution in [-0.4, -0.2) is 11.1 Å². The second-order valence-corrected chi connectivity index (χ2v) is 6.60. The molecule has 0 aliphatic heterocycles. The van der Waals surface area contributed by atoms with Gasteiger partial charge in [-0.1, -0.05) is 53.7 Å². The van der Waals surface area contributed by atoms with Crippen LogP contribution < -0.4 is 0 Å². The Labute approximate surface area is 99.7 Å². The SMILES string of the molecule is CC(CC(C)(C)/C=C\CC(C)(C)C)C(=O)O. The standard InChI is InChI=1S/C14H26O2/c1-11(12(15)16)10-14(5,6)9-7-8-13(2,3)4/h7,9,11H,8,10H2,1-6H3,(H,15,16)/b9-7-. The fourth-order valence-corrected chi connectivity index (χ4v) is 1.68. The van der Waals surface area contributed by atoms with Crippen LogP contribution in [0.5, 0.6) is 0 Å². The van der Waals surface area contributed by atoms with Crippen molar-refractivity contribution >= 4 is 5.97 Å². The van der Waals surface area contributed by atoms with Crippen molar-refractivity contribution in [2.24, 2.45) is 16.7 Å². The Morgan fingerprint density at radius 2 is 1.75 bits per heavy atom. The lowest BCUT2D eigenvalue weighted by atomic mass is 9.82. The van der Waals surface area contributed by atoms with Crippen LogP contribution in [0.3, 0.4) is 0 Å². The minimum absolute atomic E-state index is 0.0386. The first-order valence-corrected chi connectivity index (χ1v) is 5.94. The van der Waals surface area contributed by atoms with Gasteiger partial charge in [0.2, 0.25) is 0 Å². The van der Waals surface area contributed by atoms with E-state index in [1.165, 1.54) is 0 Å². The zero-order chi connectivity index (χ0) is 13.0. The van der Waals surface area contributed by atoms with E-state index in [1.54, 1.807) is 6.92 Å². The number of allylic oxidation sites excluding steroid dienone is 2. The van der Waals surface area contributed by atoms with Gasteiger partial charge in [-0.2, -0.15) is 0 Å². The molecular formula is C14H26O2. The largest absolute Gasteiger partial charge is 0.481 e. The number of carboxylic acid groups (broad SMARTS) is 1. The van der Waals surface area contributed by atoms with E-state index in [0.29, 0.717) is 11.8 Å². The Kier molecular flexibility index (Phi) is 5.24. The molecule has 0 rings (SSSR count). The molecule has 0 spiro atoms. The van der Waals surface area contributed by atoms with Crippen LogP contribution in [0.15, 0.2) is 12.2 Å². The van der Waals surface area contributed by atoms with E-state index in [-0.39, 0.29) is 11.3 Å². The normalized spacial score (nSPS) is 15.4. The number of hydrogen-bond donors (Lipinski definition) is 1. The van der Waals surface area contributed by atoms with E-state index >= 15 is 0 Å². The highest BCUT2D eigenvalue weighted by Gasteiger charge is 2.22. The van der Waals surface area contributed by atoms with Gasteiger partial charge in [-0.3, -0.25) is 4.79 Å². The van der Waals surface area contributed by atoms with Gasteiger partial charge in [-0.15, -0.1) is 0 Å². The minimum Gasteiger partial charge on any atom is -0.481 e. The molecule has 0 aromatic rings. The van der Waals surface area contributed by atoms with Gasteiger partial charge in [-0.05, 0) is 23.7 Å². The van der Waals surface area contributed by atoms with Crippen molar-refractivity contribution in [3.8, 4) is 0 Å². The Balaban J connectivity index is 4.29. The summed E-state index contributed by atoms with van der Waals surface area (Å²) in [6, 6.07) is 0. The minimum atomic E-state index is -0.711. The number of carbonyl (C=O) groups is 1. The van der Waals surface area contributed by atoms with Gasteiger partial charge in [0.25, 0.3) is 0 Å². The van der Waals surface area contributed by atoms with Crippen molar-refractivity contribution in [3.05, 3.63) is 12.2 Å². The fourth-order valence-electron chi connectivity index (χ4n) is 1.68. The van der Waals surface area contributed by atoms with Crippen molar-refractivity contribution < 1.29 is 9.90 Å². The van der Waals surface area contributed by atoms with E-state index in [1.807, 2.05) is 0 Å². The number of hydrogen-bond acceptors (Lipinski definition) is 1. The summed E-state index contributed by atoms with van der Waals surface area (Å²) < 4.78 is 0. The summed E-state index contributed by atoms with van der Waals surface area (Å²) >= 11 is 0. The highest BCUT2D eigenvalue weighted by Crippen LogP contribution is 2.28. The van der Waals surface area contributed by atoms with Crippen molar-refractivity contribution in [3.63, 3.8) is 0 Å². The summed E-state index contributed by atoms with van der Waals surface area (Å²) in [6.45, 7) is 12.5. The summed E-state index contributed by atoms with van der Waals surface area (Å²) in [5, 5.41) is 8.88. The lowest BCUT2D eigenvalue weighted by Gasteiger charge is -2.23. The van der Waals surface area contributed by atoms with Gasteiger partial charge in [0.15, 0.2) is 0 Å². The van der Waals surface area contributed by atoms with Crippen LogP contribution in [0, 0.1) is 16.7 Å². The fraction of sp³-hybridized carbons (Fsp3) is 0.786. The molecule has 0 radical (unpaired) electrons. The predicted molar refractivity (Wildman–Crippen MR) is 68.4 cm³/mol. The molecule has 0 saturated carbocycles. The molecule has 0 aromatic heterocycles. The molecule has 0 heterocycles. The molecule has 1 unspecified atom stereocenters. The van der Waals surface area contributed by atoms with Crippen LogP contribution in [0.1, 0.15) is 54.4 Å². The van der Waals surface area contributed by atoms with Gasteiger partial charge in [0.1, 0.15) is 0 Å².